The maximum atomic E-state index is 12.6. The first kappa shape index (κ1) is 13.1. The number of rotatable bonds is 2. The van der Waals surface area contributed by atoms with Crippen LogP contribution >= 0.6 is 11.3 Å². The number of hydrogen-bond acceptors (Lipinski definition) is 5. The number of nitrogens with one attached hydrogen (secondary N) is 1. The molecule has 0 saturated carbocycles. The van der Waals surface area contributed by atoms with E-state index in [2.05, 4.69) is 5.32 Å². The summed E-state index contributed by atoms with van der Waals surface area (Å²) in [7, 11) is -3.45. The Balaban J connectivity index is 1.91. The van der Waals surface area contributed by atoms with Crippen molar-refractivity contribution >= 4 is 21.4 Å². The van der Waals surface area contributed by atoms with Gasteiger partial charge in [0.15, 0.2) is 0 Å². The lowest BCUT2D eigenvalue weighted by atomic mass is 9.95. The lowest BCUT2D eigenvalue weighted by Crippen LogP contribution is -2.37. The smallest absolute Gasteiger partial charge is 0.252 e. The summed E-state index contributed by atoms with van der Waals surface area (Å²) in [5.41, 5.74) is 0. The highest BCUT2D eigenvalue weighted by atomic mass is 32.2. The fourth-order valence-electron chi connectivity index (χ4n) is 3.08. The zero-order valence-electron chi connectivity index (χ0n) is 10.5. The summed E-state index contributed by atoms with van der Waals surface area (Å²) >= 11 is 1.05. The lowest BCUT2D eigenvalue weighted by Gasteiger charge is -2.22. The number of nitriles is 1. The van der Waals surface area contributed by atoms with Crippen LogP contribution in [0.3, 0.4) is 0 Å². The van der Waals surface area contributed by atoms with Gasteiger partial charge < -0.3 is 5.32 Å². The molecule has 3 heterocycles. The molecule has 1 N–H and O–H groups in total. The molecule has 0 spiro atoms. The van der Waals surface area contributed by atoms with Crippen LogP contribution in [0.4, 0.5) is 0 Å². The molecule has 3 atom stereocenters. The van der Waals surface area contributed by atoms with E-state index < -0.39 is 10.0 Å². The van der Waals surface area contributed by atoms with Crippen molar-refractivity contribution in [2.24, 2.45) is 11.8 Å². The first-order valence-corrected chi connectivity index (χ1v) is 8.52. The minimum absolute atomic E-state index is 0.0256. The van der Waals surface area contributed by atoms with E-state index in [0.29, 0.717) is 23.3 Å². The van der Waals surface area contributed by atoms with E-state index >= 15 is 0 Å². The van der Waals surface area contributed by atoms with Gasteiger partial charge in [0, 0.05) is 12.6 Å². The molecular formula is C12H15N3O2S2. The van der Waals surface area contributed by atoms with E-state index in [1.807, 2.05) is 13.0 Å². The maximum Gasteiger partial charge on any atom is 0.252 e. The summed E-state index contributed by atoms with van der Waals surface area (Å²) in [4.78, 5) is 0.437. The summed E-state index contributed by atoms with van der Waals surface area (Å²) < 4.78 is 27.1. The average Bonchev–Trinajstić information content (AvgIpc) is 3.06. The Bertz CT molecular complexity index is 632. The van der Waals surface area contributed by atoms with E-state index in [1.165, 1.54) is 6.07 Å². The fourth-order valence-corrected chi connectivity index (χ4v) is 6.05. The van der Waals surface area contributed by atoms with Crippen molar-refractivity contribution < 1.29 is 8.42 Å². The van der Waals surface area contributed by atoms with E-state index in [9.17, 15) is 8.42 Å². The molecule has 2 saturated heterocycles. The molecule has 1 aromatic heterocycles. The second-order valence-corrected chi connectivity index (χ2v) is 8.33. The highest BCUT2D eigenvalue weighted by Crippen LogP contribution is 2.37. The van der Waals surface area contributed by atoms with Gasteiger partial charge in [-0.25, -0.2) is 8.42 Å². The highest BCUT2D eigenvalue weighted by molar-refractivity contribution is 7.91. The molecule has 0 radical (unpaired) electrons. The van der Waals surface area contributed by atoms with Crippen molar-refractivity contribution in [1.29, 1.82) is 5.26 Å². The van der Waals surface area contributed by atoms with Crippen molar-refractivity contribution in [3.8, 4) is 6.07 Å². The van der Waals surface area contributed by atoms with Crippen LogP contribution < -0.4 is 5.32 Å². The summed E-state index contributed by atoms with van der Waals surface area (Å²) in [5, 5.41) is 12.1. The Morgan fingerprint density at radius 2 is 2.26 bits per heavy atom. The Hall–Kier alpha value is -0.940. The van der Waals surface area contributed by atoms with Crippen LogP contribution in [-0.4, -0.2) is 38.4 Å². The van der Waals surface area contributed by atoms with Crippen LogP contribution in [0, 0.1) is 23.2 Å². The van der Waals surface area contributed by atoms with Gasteiger partial charge in [-0.05, 0) is 44.0 Å². The van der Waals surface area contributed by atoms with Gasteiger partial charge in [0.05, 0.1) is 0 Å². The second-order valence-electron chi connectivity index (χ2n) is 5.13. The van der Waals surface area contributed by atoms with Crippen LogP contribution in [0.25, 0.3) is 0 Å². The van der Waals surface area contributed by atoms with Gasteiger partial charge in [-0.1, -0.05) is 0 Å². The molecule has 19 heavy (non-hydrogen) atoms. The number of fused-ring (bicyclic) bond motifs is 1. The van der Waals surface area contributed by atoms with Crippen LogP contribution in [0.15, 0.2) is 16.3 Å². The number of hydrogen-bond donors (Lipinski definition) is 1. The first-order chi connectivity index (χ1) is 9.04. The molecule has 3 unspecified atom stereocenters. The van der Waals surface area contributed by atoms with Crippen molar-refractivity contribution in [2.45, 2.75) is 17.2 Å². The van der Waals surface area contributed by atoms with Crippen molar-refractivity contribution in [2.75, 3.05) is 19.6 Å². The van der Waals surface area contributed by atoms with Crippen molar-refractivity contribution in [3.05, 3.63) is 17.0 Å². The Kier molecular flexibility index (Phi) is 3.14. The van der Waals surface area contributed by atoms with Gasteiger partial charge in [-0.15, -0.1) is 11.3 Å². The number of sulfonamides is 1. The van der Waals surface area contributed by atoms with Crippen LogP contribution in [0.5, 0.6) is 0 Å². The minimum atomic E-state index is -3.45. The predicted molar refractivity (Wildman–Crippen MR) is 72.2 cm³/mol. The SMILES string of the molecule is CC1C2CNCC2CN1S(=O)(=O)c1ccc(C#N)s1. The van der Waals surface area contributed by atoms with Crippen molar-refractivity contribution in [3.63, 3.8) is 0 Å². The van der Waals surface area contributed by atoms with Crippen molar-refractivity contribution in [1.82, 2.24) is 9.62 Å². The molecule has 0 aromatic carbocycles. The molecule has 0 aliphatic carbocycles. The van der Waals surface area contributed by atoms with E-state index in [-0.39, 0.29) is 10.3 Å². The molecule has 2 aliphatic heterocycles. The summed E-state index contributed by atoms with van der Waals surface area (Å²) in [5.74, 6) is 0.824. The number of nitrogens with zero attached hydrogens (tertiary/aromatic N) is 2. The minimum Gasteiger partial charge on any atom is -0.316 e. The van der Waals surface area contributed by atoms with Gasteiger partial charge in [0.2, 0.25) is 0 Å². The van der Waals surface area contributed by atoms with Gasteiger partial charge in [0.1, 0.15) is 15.2 Å². The Labute approximate surface area is 116 Å². The second kappa shape index (κ2) is 4.56. The average molecular weight is 297 g/mol. The topological polar surface area (TPSA) is 73.2 Å². The third-order valence-corrected chi connectivity index (χ3v) is 7.54. The quantitative estimate of drug-likeness (QED) is 0.878. The summed E-state index contributed by atoms with van der Waals surface area (Å²) in [6, 6.07) is 5.12. The molecule has 5 nitrogen and oxygen atoms in total. The predicted octanol–water partition coefficient (Wildman–Crippen LogP) is 0.848. The van der Waals surface area contributed by atoms with Gasteiger partial charge in [0.25, 0.3) is 10.0 Å². The van der Waals surface area contributed by atoms with E-state index in [0.717, 1.165) is 24.4 Å². The molecule has 0 amide bonds. The van der Waals surface area contributed by atoms with Gasteiger partial charge in [-0.2, -0.15) is 9.57 Å². The zero-order chi connectivity index (χ0) is 13.6. The third-order valence-electron chi connectivity index (χ3n) is 4.13. The third kappa shape index (κ3) is 1.99. The van der Waals surface area contributed by atoms with E-state index in [4.69, 9.17) is 5.26 Å². The maximum absolute atomic E-state index is 12.6. The molecule has 2 fully saturated rings. The van der Waals surface area contributed by atoms with Crippen LogP contribution in [-0.2, 0) is 10.0 Å². The standard InChI is InChI=1S/C12H15N3O2S2/c1-8-11-6-14-5-9(11)7-15(8)19(16,17)12-3-2-10(4-13)18-12/h2-3,8-9,11,14H,5-7H2,1H3. The number of thiophene rings is 1. The van der Waals surface area contributed by atoms with Gasteiger partial charge in [-0.3, -0.25) is 0 Å². The fraction of sp³-hybridized carbons (Fsp3) is 0.583. The van der Waals surface area contributed by atoms with E-state index in [1.54, 1.807) is 10.4 Å². The molecule has 2 aliphatic rings. The lowest BCUT2D eigenvalue weighted by molar-refractivity contribution is 0.361. The van der Waals surface area contributed by atoms with Crippen LogP contribution in [0.2, 0.25) is 0 Å². The Morgan fingerprint density at radius 3 is 2.89 bits per heavy atom. The zero-order valence-corrected chi connectivity index (χ0v) is 12.2. The van der Waals surface area contributed by atoms with Gasteiger partial charge >= 0.3 is 0 Å². The highest BCUT2D eigenvalue weighted by Gasteiger charge is 2.47. The largest absolute Gasteiger partial charge is 0.316 e. The molecule has 102 valence electrons. The monoisotopic (exact) mass is 297 g/mol. The molecular weight excluding hydrogens is 282 g/mol. The summed E-state index contributed by atoms with van der Waals surface area (Å²) in [6.07, 6.45) is 0. The summed E-state index contributed by atoms with van der Waals surface area (Å²) in [6.45, 7) is 4.36. The Morgan fingerprint density at radius 1 is 1.47 bits per heavy atom. The molecule has 7 heteroatoms. The normalized spacial score (nSPS) is 31.3. The molecule has 3 rings (SSSR count). The molecule has 1 aromatic rings. The van der Waals surface area contributed by atoms with Crippen LogP contribution in [0.1, 0.15) is 11.8 Å². The first-order valence-electron chi connectivity index (χ1n) is 6.26. The molecule has 0 bridgehead atoms.